The standard InChI is InChI=1S/C16H22N4O2/c1-10-8-20(11(2)7-17-10)16-12-5-14(21-3)15(22-4)6-13(12)18-9-19-16/h5-6,9-11,17H,7-8H2,1-4H3/t10-,11+/m1/s1. The van der Waals surface area contributed by atoms with Crippen molar-refractivity contribution in [3.63, 3.8) is 0 Å². The van der Waals surface area contributed by atoms with Gasteiger partial charge in [-0.2, -0.15) is 0 Å². The Labute approximate surface area is 130 Å². The van der Waals surface area contributed by atoms with Crippen LogP contribution in [0.2, 0.25) is 0 Å². The van der Waals surface area contributed by atoms with Crippen molar-refractivity contribution in [1.29, 1.82) is 0 Å². The number of aromatic nitrogens is 2. The lowest BCUT2D eigenvalue weighted by molar-refractivity contribution is 0.355. The number of rotatable bonds is 3. The molecule has 0 radical (unpaired) electrons. The van der Waals surface area contributed by atoms with Gasteiger partial charge in [0.15, 0.2) is 11.5 Å². The molecule has 118 valence electrons. The minimum Gasteiger partial charge on any atom is -0.493 e. The van der Waals surface area contributed by atoms with Crippen molar-refractivity contribution in [2.75, 3.05) is 32.2 Å². The summed E-state index contributed by atoms with van der Waals surface area (Å²) in [6, 6.07) is 4.67. The summed E-state index contributed by atoms with van der Waals surface area (Å²) in [6.07, 6.45) is 1.61. The Morgan fingerprint density at radius 1 is 1.14 bits per heavy atom. The molecule has 0 amide bonds. The van der Waals surface area contributed by atoms with Crippen LogP contribution >= 0.6 is 0 Å². The zero-order valence-electron chi connectivity index (χ0n) is 13.5. The molecule has 1 aromatic heterocycles. The van der Waals surface area contributed by atoms with E-state index in [2.05, 4.69) is 34.0 Å². The van der Waals surface area contributed by atoms with Gasteiger partial charge in [-0.15, -0.1) is 0 Å². The van der Waals surface area contributed by atoms with E-state index in [1.165, 1.54) is 0 Å². The number of fused-ring (bicyclic) bond motifs is 1. The van der Waals surface area contributed by atoms with Crippen molar-refractivity contribution in [2.45, 2.75) is 25.9 Å². The van der Waals surface area contributed by atoms with Crippen molar-refractivity contribution in [3.8, 4) is 11.5 Å². The van der Waals surface area contributed by atoms with E-state index in [4.69, 9.17) is 9.47 Å². The Bertz CT molecular complexity index is 676. The molecule has 0 spiro atoms. The molecule has 1 aliphatic heterocycles. The van der Waals surface area contributed by atoms with E-state index in [1.807, 2.05) is 12.1 Å². The molecule has 2 heterocycles. The van der Waals surface area contributed by atoms with Crippen molar-refractivity contribution in [2.24, 2.45) is 0 Å². The molecule has 1 aliphatic rings. The predicted molar refractivity (Wildman–Crippen MR) is 86.9 cm³/mol. The molecule has 1 saturated heterocycles. The number of nitrogens with one attached hydrogen (secondary N) is 1. The third kappa shape index (κ3) is 2.54. The minimum atomic E-state index is 0.377. The summed E-state index contributed by atoms with van der Waals surface area (Å²) in [6.45, 7) is 6.25. The minimum absolute atomic E-state index is 0.377. The van der Waals surface area contributed by atoms with E-state index in [0.29, 0.717) is 23.6 Å². The number of anilines is 1. The van der Waals surface area contributed by atoms with Crippen molar-refractivity contribution < 1.29 is 9.47 Å². The van der Waals surface area contributed by atoms with E-state index in [1.54, 1.807) is 20.5 Å². The van der Waals surface area contributed by atoms with Gasteiger partial charge in [-0.3, -0.25) is 0 Å². The Kier molecular flexibility index (Phi) is 4.02. The van der Waals surface area contributed by atoms with Crippen LogP contribution in [0.4, 0.5) is 5.82 Å². The molecule has 3 rings (SSSR count). The number of piperazine rings is 1. The highest BCUT2D eigenvalue weighted by atomic mass is 16.5. The lowest BCUT2D eigenvalue weighted by atomic mass is 10.1. The molecule has 0 bridgehead atoms. The number of hydrogen-bond acceptors (Lipinski definition) is 6. The maximum Gasteiger partial charge on any atom is 0.162 e. The van der Waals surface area contributed by atoms with E-state index < -0.39 is 0 Å². The van der Waals surface area contributed by atoms with Crippen molar-refractivity contribution in [1.82, 2.24) is 15.3 Å². The highest BCUT2D eigenvalue weighted by molar-refractivity contribution is 5.92. The van der Waals surface area contributed by atoms with Gasteiger partial charge in [0.1, 0.15) is 12.1 Å². The van der Waals surface area contributed by atoms with Gasteiger partial charge in [0.25, 0.3) is 0 Å². The van der Waals surface area contributed by atoms with Crippen LogP contribution in [0, 0.1) is 0 Å². The molecule has 6 heteroatoms. The van der Waals surface area contributed by atoms with Gasteiger partial charge in [0.05, 0.1) is 19.7 Å². The monoisotopic (exact) mass is 302 g/mol. The second kappa shape index (κ2) is 5.96. The zero-order chi connectivity index (χ0) is 15.7. The number of methoxy groups -OCH3 is 2. The molecule has 2 atom stereocenters. The SMILES string of the molecule is COc1cc2ncnc(N3C[C@@H](C)NC[C@@H]3C)c2cc1OC. The van der Waals surface area contributed by atoms with Gasteiger partial charge in [-0.05, 0) is 19.9 Å². The van der Waals surface area contributed by atoms with Crippen LogP contribution in [-0.2, 0) is 0 Å². The Hall–Kier alpha value is -2.08. The van der Waals surface area contributed by atoms with Crippen LogP contribution in [-0.4, -0.2) is 49.4 Å². The van der Waals surface area contributed by atoms with Gasteiger partial charge in [-0.1, -0.05) is 0 Å². The quantitative estimate of drug-likeness (QED) is 0.933. The van der Waals surface area contributed by atoms with Gasteiger partial charge in [-0.25, -0.2) is 9.97 Å². The Balaban J connectivity index is 2.13. The van der Waals surface area contributed by atoms with Crippen molar-refractivity contribution >= 4 is 16.7 Å². The fraction of sp³-hybridized carbons (Fsp3) is 0.500. The number of ether oxygens (including phenoxy) is 2. The fourth-order valence-electron chi connectivity index (χ4n) is 2.92. The lowest BCUT2D eigenvalue weighted by Gasteiger charge is -2.38. The summed E-state index contributed by atoms with van der Waals surface area (Å²) in [5.41, 5.74) is 0.862. The molecule has 1 fully saturated rings. The van der Waals surface area contributed by atoms with Crippen LogP contribution < -0.4 is 19.7 Å². The molecular formula is C16H22N4O2. The average molecular weight is 302 g/mol. The molecule has 22 heavy (non-hydrogen) atoms. The van der Waals surface area contributed by atoms with Crippen molar-refractivity contribution in [3.05, 3.63) is 18.5 Å². The van der Waals surface area contributed by atoms with Crippen LogP contribution in [0.5, 0.6) is 11.5 Å². The molecule has 0 unspecified atom stereocenters. The molecule has 6 nitrogen and oxygen atoms in total. The van der Waals surface area contributed by atoms with E-state index in [-0.39, 0.29) is 0 Å². The third-order valence-electron chi connectivity index (χ3n) is 4.16. The third-order valence-corrected chi connectivity index (χ3v) is 4.16. The highest BCUT2D eigenvalue weighted by Crippen LogP contribution is 2.35. The molecule has 2 aromatic rings. The van der Waals surface area contributed by atoms with E-state index in [0.717, 1.165) is 29.8 Å². The molecule has 1 aromatic carbocycles. The lowest BCUT2D eigenvalue weighted by Crippen LogP contribution is -2.54. The summed E-state index contributed by atoms with van der Waals surface area (Å²) >= 11 is 0. The Morgan fingerprint density at radius 2 is 1.86 bits per heavy atom. The summed E-state index contributed by atoms with van der Waals surface area (Å²) in [5.74, 6) is 2.33. The van der Waals surface area contributed by atoms with E-state index in [9.17, 15) is 0 Å². The first kappa shape index (κ1) is 14.8. The first-order valence-electron chi connectivity index (χ1n) is 7.50. The van der Waals surface area contributed by atoms with Crippen LogP contribution in [0.25, 0.3) is 10.9 Å². The molecule has 0 aliphatic carbocycles. The number of nitrogens with zero attached hydrogens (tertiary/aromatic N) is 3. The summed E-state index contributed by atoms with van der Waals surface area (Å²) < 4.78 is 10.8. The van der Waals surface area contributed by atoms with Gasteiger partial charge in [0.2, 0.25) is 0 Å². The molecular weight excluding hydrogens is 280 g/mol. The van der Waals surface area contributed by atoms with Gasteiger partial charge < -0.3 is 19.7 Å². The van der Waals surface area contributed by atoms with Crippen LogP contribution in [0.1, 0.15) is 13.8 Å². The van der Waals surface area contributed by atoms with Gasteiger partial charge in [0, 0.05) is 36.6 Å². The highest BCUT2D eigenvalue weighted by Gasteiger charge is 2.25. The second-order valence-corrected chi connectivity index (χ2v) is 5.73. The summed E-state index contributed by atoms with van der Waals surface area (Å²) in [5, 5.41) is 4.48. The number of hydrogen-bond donors (Lipinski definition) is 1. The average Bonchev–Trinajstić information content (AvgIpc) is 2.55. The number of benzene rings is 1. The van der Waals surface area contributed by atoms with E-state index >= 15 is 0 Å². The smallest absolute Gasteiger partial charge is 0.162 e. The summed E-state index contributed by atoms with van der Waals surface area (Å²) in [4.78, 5) is 11.2. The van der Waals surface area contributed by atoms with Crippen LogP contribution in [0.3, 0.4) is 0 Å². The second-order valence-electron chi connectivity index (χ2n) is 5.73. The first-order chi connectivity index (χ1) is 10.6. The normalized spacial score (nSPS) is 21.9. The van der Waals surface area contributed by atoms with Crippen LogP contribution in [0.15, 0.2) is 18.5 Å². The topological polar surface area (TPSA) is 59.5 Å². The molecule has 1 N–H and O–H groups in total. The summed E-state index contributed by atoms with van der Waals surface area (Å²) in [7, 11) is 3.27. The first-order valence-corrected chi connectivity index (χ1v) is 7.50. The maximum atomic E-state index is 5.42. The fourth-order valence-corrected chi connectivity index (χ4v) is 2.92. The van der Waals surface area contributed by atoms with Gasteiger partial charge >= 0.3 is 0 Å². The zero-order valence-corrected chi connectivity index (χ0v) is 13.5. The largest absolute Gasteiger partial charge is 0.493 e. The predicted octanol–water partition coefficient (Wildman–Crippen LogP) is 1.83. The Morgan fingerprint density at radius 3 is 2.59 bits per heavy atom. The maximum absolute atomic E-state index is 5.42. The molecule has 0 saturated carbocycles.